The van der Waals surface area contributed by atoms with Gasteiger partial charge in [-0.1, -0.05) is 12.1 Å². The molecule has 1 aliphatic heterocycles. The molecule has 0 aliphatic carbocycles. The van der Waals surface area contributed by atoms with Crippen molar-refractivity contribution in [2.75, 3.05) is 31.2 Å². The fraction of sp³-hybridized carbons (Fsp3) is 0.474. The Hall–Kier alpha value is -2.38. The summed E-state index contributed by atoms with van der Waals surface area (Å²) < 4.78 is 7.34. The summed E-state index contributed by atoms with van der Waals surface area (Å²) in [5.41, 5.74) is 5.14. The van der Waals surface area contributed by atoms with Gasteiger partial charge in [0.2, 0.25) is 5.91 Å². The molecule has 1 amide bonds. The molecular weight excluding hydrogens is 332 g/mol. The average molecular weight is 358 g/mol. The number of aryl methyl sites for hydroxylation is 1. The zero-order chi connectivity index (χ0) is 18.2. The maximum Gasteiger partial charge on any atom is 0.243 e. The Morgan fingerprint density at radius 2 is 1.92 bits per heavy atom. The van der Waals surface area contributed by atoms with Gasteiger partial charge in [0.05, 0.1) is 25.5 Å². The van der Waals surface area contributed by atoms with Gasteiger partial charge in [0.15, 0.2) is 0 Å². The van der Waals surface area contributed by atoms with Gasteiger partial charge in [-0.2, -0.15) is 5.10 Å². The van der Waals surface area contributed by atoms with E-state index in [1.807, 2.05) is 16.9 Å². The van der Waals surface area contributed by atoms with Crippen LogP contribution in [-0.4, -0.2) is 47.2 Å². The minimum Gasteiger partial charge on any atom is -0.378 e. The highest BCUT2D eigenvalue weighted by Crippen LogP contribution is 2.17. The van der Waals surface area contributed by atoms with Gasteiger partial charge in [-0.3, -0.25) is 14.7 Å². The van der Waals surface area contributed by atoms with E-state index >= 15 is 0 Å². The summed E-state index contributed by atoms with van der Waals surface area (Å²) in [4.78, 5) is 13.3. The van der Waals surface area contributed by atoms with Crippen LogP contribution in [0.5, 0.6) is 0 Å². The lowest BCUT2D eigenvalue weighted by atomic mass is 10.1. The van der Waals surface area contributed by atoms with Gasteiger partial charge in [0.1, 0.15) is 0 Å². The number of hydroxylamine groups is 1. The Morgan fingerprint density at radius 3 is 2.65 bits per heavy atom. The summed E-state index contributed by atoms with van der Waals surface area (Å²) in [6.45, 7) is 4.23. The van der Waals surface area contributed by atoms with Crippen LogP contribution < -0.4 is 10.4 Å². The third-order valence-corrected chi connectivity index (χ3v) is 4.56. The molecule has 7 nitrogen and oxygen atoms in total. The highest BCUT2D eigenvalue weighted by Gasteiger charge is 2.11. The number of nitrogens with one attached hydrogen (secondary N) is 1. The molecule has 2 aromatic rings. The lowest BCUT2D eigenvalue weighted by Gasteiger charge is -2.28. The van der Waals surface area contributed by atoms with Crippen molar-refractivity contribution < 1.29 is 14.7 Å². The molecular formula is C19H26N4O3. The number of aromatic nitrogens is 2. The van der Waals surface area contributed by atoms with Gasteiger partial charge in [0.25, 0.3) is 0 Å². The first-order chi connectivity index (χ1) is 12.7. The van der Waals surface area contributed by atoms with Crippen molar-refractivity contribution in [1.29, 1.82) is 0 Å². The van der Waals surface area contributed by atoms with Crippen molar-refractivity contribution in [2.45, 2.75) is 32.2 Å². The number of hydrogen-bond donors (Lipinski definition) is 2. The molecule has 0 atom stereocenters. The predicted octanol–water partition coefficient (Wildman–Crippen LogP) is 1.99. The number of morpholine rings is 1. The second-order valence-electron chi connectivity index (χ2n) is 6.51. The first-order valence-corrected chi connectivity index (χ1v) is 9.11. The van der Waals surface area contributed by atoms with Crippen molar-refractivity contribution in [3.05, 3.63) is 47.8 Å². The van der Waals surface area contributed by atoms with Crippen LogP contribution in [0, 0.1) is 0 Å². The van der Waals surface area contributed by atoms with Crippen LogP contribution in [0.25, 0.3) is 0 Å². The van der Waals surface area contributed by atoms with Gasteiger partial charge in [-0.15, -0.1) is 0 Å². The number of carbonyl (C=O) groups is 1. The van der Waals surface area contributed by atoms with E-state index < -0.39 is 0 Å². The normalized spacial score (nSPS) is 14.4. The van der Waals surface area contributed by atoms with Gasteiger partial charge in [0, 0.05) is 31.4 Å². The molecule has 2 N–H and O–H groups in total. The van der Waals surface area contributed by atoms with Crippen molar-refractivity contribution in [3.63, 3.8) is 0 Å². The van der Waals surface area contributed by atoms with E-state index in [0.29, 0.717) is 6.42 Å². The van der Waals surface area contributed by atoms with Gasteiger partial charge < -0.3 is 9.64 Å². The first-order valence-electron chi connectivity index (χ1n) is 9.11. The number of unbranched alkanes of at least 4 members (excludes halogenated alkanes) is 1. The van der Waals surface area contributed by atoms with E-state index in [1.54, 1.807) is 5.48 Å². The molecule has 1 aromatic carbocycles. The third kappa shape index (κ3) is 5.31. The molecule has 0 saturated carbocycles. The second-order valence-corrected chi connectivity index (χ2v) is 6.51. The Kier molecular flexibility index (Phi) is 6.62. The van der Waals surface area contributed by atoms with E-state index in [1.165, 1.54) is 11.3 Å². The lowest BCUT2D eigenvalue weighted by molar-refractivity contribution is -0.129. The predicted molar refractivity (Wildman–Crippen MR) is 98.3 cm³/mol. The minimum absolute atomic E-state index is 0.337. The summed E-state index contributed by atoms with van der Waals surface area (Å²) in [7, 11) is 0. The van der Waals surface area contributed by atoms with Crippen LogP contribution in [0.1, 0.15) is 30.5 Å². The van der Waals surface area contributed by atoms with E-state index in [9.17, 15) is 4.79 Å². The van der Waals surface area contributed by atoms with Gasteiger partial charge >= 0.3 is 0 Å². The molecule has 0 bridgehead atoms. The summed E-state index contributed by atoms with van der Waals surface area (Å²) in [5, 5.41) is 13.1. The molecule has 1 aromatic heterocycles. The molecule has 1 aliphatic rings. The largest absolute Gasteiger partial charge is 0.378 e. The van der Waals surface area contributed by atoms with E-state index in [-0.39, 0.29) is 5.91 Å². The van der Waals surface area contributed by atoms with E-state index in [4.69, 9.17) is 9.94 Å². The Labute approximate surface area is 153 Å². The summed E-state index contributed by atoms with van der Waals surface area (Å²) in [5.74, 6) is -0.337. The third-order valence-electron chi connectivity index (χ3n) is 4.56. The first kappa shape index (κ1) is 18.4. The van der Waals surface area contributed by atoms with Crippen LogP contribution in [0.3, 0.4) is 0 Å². The molecule has 1 saturated heterocycles. The summed E-state index contributed by atoms with van der Waals surface area (Å²) in [6, 6.07) is 10.7. The lowest BCUT2D eigenvalue weighted by Crippen LogP contribution is -2.36. The second kappa shape index (κ2) is 9.35. The fourth-order valence-electron chi connectivity index (χ4n) is 3.09. The maximum atomic E-state index is 11.0. The topological polar surface area (TPSA) is 79.6 Å². The van der Waals surface area contributed by atoms with Crippen molar-refractivity contribution >= 4 is 11.6 Å². The Bertz CT molecular complexity index is 693. The monoisotopic (exact) mass is 358 g/mol. The van der Waals surface area contributed by atoms with Crippen LogP contribution in [0.15, 0.2) is 36.5 Å². The summed E-state index contributed by atoms with van der Waals surface area (Å²) in [6.07, 6.45) is 4.78. The Morgan fingerprint density at radius 1 is 1.15 bits per heavy atom. The molecule has 3 rings (SSSR count). The van der Waals surface area contributed by atoms with Crippen molar-refractivity contribution in [3.8, 4) is 0 Å². The number of hydrogen-bond acceptors (Lipinski definition) is 5. The number of rotatable bonds is 8. The van der Waals surface area contributed by atoms with E-state index in [2.05, 4.69) is 34.3 Å². The standard InChI is InChI=1S/C19H26N4O3/c24-19(21-25)4-2-1-3-17-9-10-23(20-17)15-16-5-7-18(8-6-16)22-11-13-26-14-12-22/h5-10,25H,1-4,11-15H2,(H,21,24). The number of anilines is 1. The Balaban J connectivity index is 1.47. The number of benzene rings is 1. The van der Waals surface area contributed by atoms with E-state index in [0.717, 1.165) is 57.8 Å². The van der Waals surface area contributed by atoms with Crippen LogP contribution in [0.2, 0.25) is 0 Å². The van der Waals surface area contributed by atoms with Crippen molar-refractivity contribution in [1.82, 2.24) is 15.3 Å². The maximum absolute atomic E-state index is 11.0. The number of ether oxygens (including phenoxy) is 1. The molecule has 0 unspecified atom stereocenters. The van der Waals surface area contributed by atoms with Crippen LogP contribution in [-0.2, 0) is 22.5 Å². The smallest absolute Gasteiger partial charge is 0.243 e. The highest BCUT2D eigenvalue weighted by molar-refractivity contribution is 5.74. The quantitative estimate of drug-likeness (QED) is 0.429. The highest BCUT2D eigenvalue weighted by atomic mass is 16.5. The molecule has 7 heteroatoms. The zero-order valence-corrected chi connectivity index (χ0v) is 14.9. The fourth-order valence-corrected chi connectivity index (χ4v) is 3.09. The SMILES string of the molecule is O=C(CCCCc1ccn(Cc2ccc(N3CCOCC3)cc2)n1)NO. The average Bonchev–Trinajstić information content (AvgIpc) is 3.13. The zero-order valence-electron chi connectivity index (χ0n) is 14.9. The molecule has 2 heterocycles. The molecule has 0 radical (unpaired) electrons. The van der Waals surface area contributed by atoms with Crippen LogP contribution >= 0.6 is 0 Å². The number of amides is 1. The van der Waals surface area contributed by atoms with Crippen LogP contribution in [0.4, 0.5) is 5.69 Å². The molecule has 1 fully saturated rings. The molecule has 140 valence electrons. The van der Waals surface area contributed by atoms with Gasteiger partial charge in [-0.25, -0.2) is 5.48 Å². The minimum atomic E-state index is -0.337. The molecule has 0 spiro atoms. The van der Waals surface area contributed by atoms with Crippen molar-refractivity contribution in [2.24, 2.45) is 0 Å². The molecule has 26 heavy (non-hydrogen) atoms. The summed E-state index contributed by atoms with van der Waals surface area (Å²) >= 11 is 0. The van der Waals surface area contributed by atoms with Gasteiger partial charge in [-0.05, 0) is 43.0 Å². The number of carbonyl (C=O) groups excluding carboxylic acids is 1. The number of nitrogens with zero attached hydrogens (tertiary/aromatic N) is 3.